The van der Waals surface area contributed by atoms with Crippen LogP contribution in [-0.4, -0.2) is 39.9 Å². The van der Waals surface area contributed by atoms with Crippen molar-refractivity contribution in [2.24, 2.45) is 5.92 Å². The summed E-state index contributed by atoms with van der Waals surface area (Å²) < 4.78 is 6.14. The summed E-state index contributed by atoms with van der Waals surface area (Å²) in [4.78, 5) is 38.6. The van der Waals surface area contributed by atoms with Gasteiger partial charge in [0.15, 0.2) is 0 Å². The quantitative estimate of drug-likeness (QED) is 0.538. The number of pyridine rings is 2. The first-order chi connectivity index (χ1) is 16.6. The van der Waals surface area contributed by atoms with Gasteiger partial charge in [0.1, 0.15) is 16.9 Å². The van der Waals surface area contributed by atoms with E-state index in [-0.39, 0.29) is 23.8 Å². The maximum absolute atomic E-state index is 12.6. The standard InChI is InChI=1S/C25H23N5O3S/c1-26-23(32)20-12-28-21(30-22(31)13-2-3-13)19-9-14(8-18(19)20)17-10-15(25-27-6-7-34-25)11-29-24(17)33-16-4-5-16/h6-8,10-13,16H,2-5,9H2,1H3,(H,26,32)(H,28,30,31). The number of carbonyl (C=O) groups is 2. The molecule has 0 aromatic carbocycles. The predicted octanol–water partition coefficient (Wildman–Crippen LogP) is 3.95. The smallest absolute Gasteiger partial charge is 0.253 e. The average molecular weight is 474 g/mol. The van der Waals surface area contributed by atoms with Gasteiger partial charge in [0.2, 0.25) is 11.8 Å². The second-order valence-electron chi connectivity index (χ2n) is 8.83. The van der Waals surface area contributed by atoms with Gasteiger partial charge in [-0.3, -0.25) is 9.59 Å². The lowest BCUT2D eigenvalue weighted by molar-refractivity contribution is -0.117. The van der Waals surface area contributed by atoms with Crippen molar-refractivity contribution < 1.29 is 14.3 Å². The first-order valence-electron chi connectivity index (χ1n) is 11.4. The van der Waals surface area contributed by atoms with Gasteiger partial charge in [-0.05, 0) is 49.0 Å². The van der Waals surface area contributed by atoms with E-state index in [1.165, 1.54) is 6.20 Å². The first kappa shape index (κ1) is 21.0. The van der Waals surface area contributed by atoms with E-state index in [0.717, 1.165) is 58.5 Å². The molecule has 8 nitrogen and oxygen atoms in total. The Bertz CT molecular complexity index is 1330. The van der Waals surface area contributed by atoms with E-state index < -0.39 is 0 Å². The molecule has 2 N–H and O–H groups in total. The SMILES string of the molecule is CNC(=O)c1cnc(NC(=O)C2CC2)c2c1C=C(c1cc(-c3nccs3)cnc1OC1CC1)C2. The number of amides is 2. The third-order valence-corrected chi connectivity index (χ3v) is 7.07. The van der Waals surface area contributed by atoms with E-state index in [1.54, 1.807) is 30.8 Å². The van der Waals surface area contributed by atoms with Gasteiger partial charge in [0.05, 0.1) is 5.56 Å². The number of nitrogens with one attached hydrogen (secondary N) is 2. The van der Waals surface area contributed by atoms with Gasteiger partial charge < -0.3 is 15.4 Å². The molecule has 2 amide bonds. The van der Waals surface area contributed by atoms with Gasteiger partial charge in [-0.25, -0.2) is 15.0 Å². The van der Waals surface area contributed by atoms with E-state index in [2.05, 4.69) is 31.7 Å². The summed E-state index contributed by atoms with van der Waals surface area (Å²) in [5.74, 6) is 0.925. The summed E-state index contributed by atoms with van der Waals surface area (Å²) in [6, 6.07) is 2.05. The number of hydrogen-bond acceptors (Lipinski definition) is 7. The van der Waals surface area contributed by atoms with Crippen molar-refractivity contribution in [3.05, 3.63) is 52.3 Å². The van der Waals surface area contributed by atoms with Gasteiger partial charge in [0, 0.05) is 60.0 Å². The number of nitrogens with zero attached hydrogens (tertiary/aromatic N) is 3. The van der Waals surface area contributed by atoms with Crippen molar-refractivity contribution in [1.29, 1.82) is 0 Å². The van der Waals surface area contributed by atoms with E-state index in [0.29, 0.717) is 23.7 Å². The Kier molecular flexibility index (Phi) is 5.13. The molecule has 0 aliphatic heterocycles. The van der Waals surface area contributed by atoms with Gasteiger partial charge in [-0.1, -0.05) is 0 Å². The largest absolute Gasteiger partial charge is 0.474 e. The molecule has 3 heterocycles. The lowest BCUT2D eigenvalue weighted by atomic mass is 10.0. The number of rotatable bonds is 7. The van der Waals surface area contributed by atoms with Crippen LogP contribution in [0, 0.1) is 5.92 Å². The Morgan fingerprint density at radius 3 is 2.68 bits per heavy atom. The van der Waals surface area contributed by atoms with Crippen molar-refractivity contribution in [3.63, 3.8) is 0 Å². The minimum atomic E-state index is -0.217. The Hall–Kier alpha value is -3.59. The molecule has 6 rings (SSSR count). The van der Waals surface area contributed by atoms with E-state index in [1.807, 2.05) is 11.5 Å². The van der Waals surface area contributed by atoms with Gasteiger partial charge >= 0.3 is 0 Å². The molecule has 9 heteroatoms. The Morgan fingerprint density at radius 2 is 1.97 bits per heavy atom. The van der Waals surface area contributed by atoms with E-state index >= 15 is 0 Å². The topological polar surface area (TPSA) is 106 Å². The number of anilines is 1. The molecule has 172 valence electrons. The van der Waals surface area contributed by atoms with Crippen molar-refractivity contribution in [2.45, 2.75) is 38.2 Å². The highest BCUT2D eigenvalue weighted by Crippen LogP contribution is 2.42. The van der Waals surface area contributed by atoms with Crippen molar-refractivity contribution in [3.8, 4) is 16.5 Å². The van der Waals surface area contributed by atoms with Crippen molar-refractivity contribution in [1.82, 2.24) is 20.3 Å². The molecule has 0 saturated heterocycles. The highest BCUT2D eigenvalue weighted by Gasteiger charge is 2.33. The molecule has 2 fully saturated rings. The number of hydrogen-bond donors (Lipinski definition) is 2. The maximum Gasteiger partial charge on any atom is 0.253 e. The molecule has 2 saturated carbocycles. The molecular weight excluding hydrogens is 450 g/mol. The van der Waals surface area contributed by atoms with Crippen LogP contribution in [0.25, 0.3) is 22.2 Å². The molecule has 0 atom stereocenters. The van der Waals surface area contributed by atoms with Gasteiger partial charge in [0.25, 0.3) is 5.91 Å². The molecule has 3 aromatic rings. The van der Waals surface area contributed by atoms with Crippen molar-refractivity contribution in [2.75, 3.05) is 12.4 Å². The molecule has 3 aliphatic rings. The van der Waals surface area contributed by atoms with Crippen molar-refractivity contribution >= 4 is 40.6 Å². The molecule has 0 unspecified atom stereocenters. The zero-order valence-corrected chi connectivity index (χ0v) is 19.4. The number of aromatic nitrogens is 3. The number of allylic oxidation sites excluding steroid dienone is 1. The van der Waals surface area contributed by atoms with Gasteiger partial charge in [-0.15, -0.1) is 11.3 Å². The molecule has 0 bridgehead atoms. The van der Waals surface area contributed by atoms with E-state index in [4.69, 9.17) is 4.74 Å². The summed E-state index contributed by atoms with van der Waals surface area (Å²) >= 11 is 1.55. The summed E-state index contributed by atoms with van der Waals surface area (Å²) in [5.41, 5.74) is 4.84. The molecule has 3 aromatic heterocycles. The molecule has 0 spiro atoms. The Morgan fingerprint density at radius 1 is 1.12 bits per heavy atom. The monoisotopic (exact) mass is 473 g/mol. The zero-order valence-electron chi connectivity index (χ0n) is 18.6. The lowest BCUT2D eigenvalue weighted by Crippen LogP contribution is -2.21. The van der Waals surface area contributed by atoms with Crippen LogP contribution in [0.5, 0.6) is 5.88 Å². The van der Waals surface area contributed by atoms with Crippen LogP contribution in [-0.2, 0) is 11.2 Å². The fraction of sp³-hybridized carbons (Fsp3) is 0.320. The normalized spacial score (nSPS) is 16.6. The predicted molar refractivity (Wildman–Crippen MR) is 130 cm³/mol. The second-order valence-corrected chi connectivity index (χ2v) is 9.73. The zero-order chi connectivity index (χ0) is 23.2. The summed E-state index contributed by atoms with van der Waals surface area (Å²) in [6.07, 6.45) is 11.7. The number of thiazole rings is 1. The minimum Gasteiger partial charge on any atom is -0.474 e. The van der Waals surface area contributed by atoms with Crippen LogP contribution in [0.1, 0.15) is 52.7 Å². The van der Waals surface area contributed by atoms with Crippen LogP contribution < -0.4 is 15.4 Å². The summed E-state index contributed by atoms with van der Waals surface area (Å²) in [7, 11) is 1.60. The van der Waals surface area contributed by atoms with Crippen LogP contribution >= 0.6 is 11.3 Å². The first-order valence-corrected chi connectivity index (χ1v) is 12.3. The van der Waals surface area contributed by atoms with E-state index in [9.17, 15) is 9.59 Å². The minimum absolute atomic E-state index is 0.0129. The maximum atomic E-state index is 12.6. The molecule has 0 radical (unpaired) electrons. The lowest BCUT2D eigenvalue weighted by Gasteiger charge is -2.13. The van der Waals surface area contributed by atoms with Crippen LogP contribution in [0.15, 0.2) is 30.0 Å². The number of ether oxygens (including phenoxy) is 1. The highest BCUT2D eigenvalue weighted by atomic mass is 32.1. The van der Waals surface area contributed by atoms with Crippen LogP contribution in [0.2, 0.25) is 0 Å². The number of fused-ring (bicyclic) bond motifs is 1. The summed E-state index contributed by atoms with van der Waals surface area (Å²) in [6.45, 7) is 0. The molecule has 3 aliphatic carbocycles. The summed E-state index contributed by atoms with van der Waals surface area (Å²) in [5, 5.41) is 8.49. The van der Waals surface area contributed by atoms with Crippen LogP contribution in [0.3, 0.4) is 0 Å². The molecule has 34 heavy (non-hydrogen) atoms. The molecular formula is C25H23N5O3S. The fourth-order valence-corrected chi connectivity index (χ4v) is 4.71. The Labute approximate surface area is 200 Å². The van der Waals surface area contributed by atoms with Gasteiger partial charge in [-0.2, -0.15) is 0 Å². The highest BCUT2D eigenvalue weighted by molar-refractivity contribution is 7.13. The third kappa shape index (κ3) is 3.96. The Balaban J connectivity index is 1.42. The second kappa shape index (κ2) is 8.32. The fourth-order valence-electron chi connectivity index (χ4n) is 4.09. The third-order valence-electron chi connectivity index (χ3n) is 6.25. The number of carbonyl (C=O) groups excluding carboxylic acids is 2. The average Bonchev–Trinajstić information content (AvgIpc) is 3.76. The van der Waals surface area contributed by atoms with Crippen LogP contribution in [0.4, 0.5) is 5.82 Å².